The molecule has 1 aromatic heterocycles. The van der Waals surface area contributed by atoms with E-state index in [0.717, 1.165) is 19.4 Å². The summed E-state index contributed by atoms with van der Waals surface area (Å²) >= 11 is 0. The first-order valence-corrected chi connectivity index (χ1v) is 5.47. The molecule has 0 bridgehead atoms. The number of aromatic nitrogens is 2. The minimum atomic E-state index is -0.327. The molecule has 0 spiro atoms. The molecule has 0 aliphatic carbocycles. The van der Waals surface area contributed by atoms with Gasteiger partial charge in [-0.05, 0) is 12.8 Å². The minimum Gasteiger partial charge on any atom is -0.383 e. The predicted octanol–water partition coefficient (Wildman–Crippen LogP) is 0.610. The van der Waals surface area contributed by atoms with Gasteiger partial charge in [0.1, 0.15) is 0 Å². The monoisotopic (exact) mass is 227 g/mol. The van der Waals surface area contributed by atoms with Crippen molar-refractivity contribution in [3.8, 4) is 0 Å². The molecule has 0 aromatic carbocycles. The molecule has 1 aromatic rings. The zero-order chi connectivity index (χ0) is 11.4. The van der Waals surface area contributed by atoms with E-state index in [1.54, 1.807) is 7.11 Å². The average molecular weight is 227 g/mol. The van der Waals surface area contributed by atoms with Gasteiger partial charge < -0.3 is 19.7 Å². The fourth-order valence-electron chi connectivity index (χ4n) is 1.75. The summed E-state index contributed by atoms with van der Waals surface area (Å²) in [6.07, 6.45) is 2.06. The summed E-state index contributed by atoms with van der Waals surface area (Å²) in [6, 6.07) is -0.327. The molecule has 2 unspecified atom stereocenters. The maximum atomic E-state index is 5.81. The van der Waals surface area contributed by atoms with E-state index in [4.69, 9.17) is 19.7 Å². The lowest BCUT2D eigenvalue weighted by Gasteiger charge is -2.18. The van der Waals surface area contributed by atoms with Crippen LogP contribution in [0.15, 0.2) is 4.52 Å². The number of hydrogen-bond acceptors (Lipinski definition) is 6. The van der Waals surface area contributed by atoms with Crippen molar-refractivity contribution in [2.24, 2.45) is 5.73 Å². The molecule has 6 nitrogen and oxygen atoms in total. The third-order valence-corrected chi connectivity index (χ3v) is 2.64. The zero-order valence-corrected chi connectivity index (χ0v) is 9.39. The molecule has 1 saturated heterocycles. The van der Waals surface area contributed by atoms with Crippen molar-refractivity contribution in [3.63, 3.8) is 0 Å². The van der Waals surface area contributed by atoms with Gasteiger partial charge in [-0.25, -0.2) is 0 Å². The molecule has 1 aliphatic heterocycles. The van der Waals surface area contributed by atoms with Gasteiger partial charge in [0.2, 0.25) is 5.89 Å². The van der Waals surface area contributed by atoms with Crippen molar-refractivity contribution in [1.82, 2.24) is 10.1 Å². The molecule has 2 heterocycles. The fraction of sp³-hybridized carbons (Fsp3) is 0.800. The first kappa shape index (κ1) is 11.5. The van der Waals surface area contributed by atoms with Gasteiger partial charge in [-0.2, -0.15) is 4.98 Å². The van der Waals surface area contributed by atoms with Crippen LogP contribution in [-0.4, -0.2) is 37.1 Å². The molecular weight excluding hydrogens is 210 g/mol. The van der Waals surface area contributed by atoms with Crippen molar-refractivity contribution < 1.29 is 14.0 Å². The fourth-order valence-corrected chi connectivity index (χ4v) is 1.75. The number of methoxy groups -OCH3 is 1. The zero-order valence-electron chi connectivity index (χ0n) is 9.39. The Kier molecular flexibility index (Phi) is 3.87. The van der Waals surface area contributed by atoms with E-state index in [2.05, 4.69) is 10.1 Å². The molecule has 2 N–H and O–H groups in total. The molecule has 2 atom stereocenters. The van der Waals surface area contributed by atoms with Crippen LogP contribution in [0.2, 0.25) is 0 Å². The van der Waals surface area contributed by atoms with Crippen molar-refractivity contribution in [2.75, 3.05) is 26.9 Å². The Labute approximate surface area is 94.1 Å². The van der Waals surface area contributed by atoms with E-state index >= 15 is 0 Å². The van der Waals surface area contributed by atoms with Gasteiger partial charge in [-0.3, -0.25) is 0 Å². The van der Waals surface area contributed by atoms with Crippen molar-refractivity contribution in [1.29, 1.82) is 0 Å². The summed E-state index contributed by atoms with van der Waals surface area (Å²) < 4.78 is 15.5. The maximum Gasteiger partial charge on any atom is 0.232 e. The van der Waals surface area contributed by atoms with Crippen LogP contribution in [0.25, 0.3) is 0 Å². The molecule has 1 aliphatic rings. The first-order chi connectivity index (χ1) is 7.81. The number of nitrogens with zero attached hydrogens (tertiary/aromatic N) is 2. The van der Waals surface area contributed by atoms with Crippen LogP contribution in [0, 0.1) is 0 Å². The van der Waals surface area contributed by atoms with Crippen LogP contribution in [0.5, 0.6) is 0 Å². The van der Waals surface area contributed by atoms with Crippen molar-refractivity contribution in [2.45, 2.75) is 24.8 Å². The van der Waals surface area contributed by atoms with Crippen LogP contribution in [0.4, 0.5) is 0 Å². The Balaban J connectivity index is 2.00. The van der Waals surface area contributed by atoms with Crippen LogP contribution in [-0.2, 0) is 9.47 Å². The lowest BCUT2D eigenvalue weighted by Crippen LogP contribution is -2.18. The van der Waals surface area contributed by atoms with E-state index in [-0.39, 0.29) is 12.0 Å². The standard InChI is InChI=1S/C10H17N3O3/c1-14-6-8(11)9-12-10(16-13-9)7-3-2-4-15-5-7/h7-8H,2-6,11H2,1H3. The van der Waals surface area contributed by atoms with Crippen molar-refractivity contribution >= 4 is 0 Å². The summed E-state index contributed by atoms with van der Waals surface area (Å²) in [5, 5.41) is 3.86. The molecule has 16 heavy (non-hydrogen) atoms. The van der Waals surface area contributed by atoms with Crippen LogP contribution < -0.4 is 5.73 Å². The molecule has 0 saturated carbocycles. The second-order valence-electron chi connectivity index (χ2n) is 3.97. The molecule has 0 amide bonds. The normalized spacial score (nSPS) is 23.2. The lowest BCUT2D eigenvalue weighted by molar-refractivity contribution is 0.0705. The third-order valence-electron chi connectivity index (χ3n) is 2.64. The highest BCUT2D eigenvalue weighted by Gasteiger charge is 2.23. The predicted molar refractivity (Wildman–Crippen MR) is 55.9 cm³/mol. The largest absolute Gasteiger partial charge is 0.383 e. The summed E-state index contributed by atoms with van der Waals surface area (Å²) in [5.74, 6) is 1.34. The van der Waals surface area contributed by atoms with Gasteiger partial charge in [-0.15, -0.1) is 0 Å². The summed E-state index contributed by atoms with van der Waals surface area (Å²) in [5.41, 5.74) is 5.81. The number of nitrogens with two attached hydrogens (primary N) is 1. The first-order valence-electron chi connectivity index (χ1n) is 5.47. The second kappa shape index (κ2) is 5.38. The van der Waals surface area contributed by atoms with Gasteiger partial charge in [-0.1, -0.05) is 5.16 Å². The van der Waals surface area contributed by atoms with Gasteiger partial charge >= 0.3 is 0 Å². The quantitative estimate of drug-likeness (QED) is 0.811. The molecule has 0 radical (unpaired) electrons. The van der Waals surface area contributed by atoms with Crippen LogP contribution >= 0.6 is 0 Å². The van der Waals surface area contributed by atoms with Crippen molar-refractivity contribution in [3.05, 3.63) is 11.7 Å². The molecule has 2 rings (SSSR count). The number of rotatable bonds is 4. The molecule has 1 fully saturated rings. The average Bonchev–Trinajstić information content (AvgIpc) is 2.80. The minimum absolute atomic E-state index is 0.213. The van der Waals surface area contributed by atoms with E-state index in [1.165, 1.54) is 0 Å². The highest BCUT2D eigenvalue weighted by Crippen LogP contribution is 2.24. The van der Waals surface area contributed by atoms with E-state index in [1.807, 2.05) is 0 Å². The van der Waals surface area contributed by atoms with Gasteiger partial charge in [0.15, 0.2) is 5.82 Å². The van der Waals surface area contributed by atoms with E-state index in [0.29, 0.717) is 24.9 Å². The Morgan fingerprint density at radius 1 is 1.62 bits per heavy atom. The van der Waals surface area contributed by atoms with Crippen LogP contribution in [0.1, 0.15) is 36.5 Å². The maximum absolute atomic E-state index is 5.81. The SMILES string of the molecule is COCC(N)c1noc(C2CCCOC2)n1. The van der Waals surface area contributed by atoms with Gasteiger partial charge in [0.25, 0.3) is 0 Å². The Hall–Kier alpha value is -0.980. The third kappa shape index (κ3) is 2.58. The van der Waals surface area contributed by atoms with Crippen LogP contribution in [0.3, 0.4) is 0 Å². The topological polar surface area (TPSA) is 83.4 Å². The smallest absolute Gasteiger partial charge is 0.232 e. The van der Waals surface area contributed by atoms with E-state index in [9.17, 15) is 0 Å². The number of ether oxygens (including phenoxy) is 2. The van der Waals surface area contributed by atoms with E-state index < -0.39 is 0 Å². The highest BCUT2D eigenvalue weighted by atomic mass is 16.5. The molecule has 6 heteroatoms. The Morgan fingerprint density at radius 2 is 2.50 bits per heavy atom. The lowest BCUT2D eigenvalue weighted by atomic mass is 10.0. The summed E-state index contributed by atoms with van der Waals surface area (Å²) in [6.45, 7) is 1.86. The summed E-state index contributed by atoms with van der Waals surface area (Å²) in [4.78, 5) is 4.29. The molecule has 90 valence electrons. The molecular formula is C10H17N3O3. The van der Waals surface area contributed by atoms with Gasteiger partial charge in [0, 0.05) is 13.7 Å². The second-order valence-corrected chi connectivity index (χ2v) is 3.97. The summed E-state index contributed by atoms with van der Waals surface area (Å²) in [7, 11) is 1.59. The number of hydrogen-bond donors (Lipinski definition) is 1. The highest BCUT2D eigenvalue weighted by molar-refractivity contribution is 4.98. The Morgan fingerprint density at radius 3 is 3.19 bits per heavy atom. The Bertz CT molecular complexity index is 323. The van der Waals surface area contributed by atoms with Gasteiger partial charge in [0.05, 0.1) is 25.2 Å².